The second-order valence-corrected chi connectivity index (χ2v) is 6.71. The second kappa shape index (κ2) is 7.16. The summed E-state index contributed by atoms with van der Waals surface area (Å²) < 4.78 is 11.6. The zero-order valence-electron chi connectivity index (χ0n) is 15.6. The van der Waals surface area contributed by atoms with Crippen molar-refractivity contribution in [1.29, 1.82) is 0 Å². The van der Waals surface area contributed by atoms with Gasteiger partial charge in [0.15, 0.2) is 5.76 Å². The van der Waals surface area contributed by atoms with Crippen molar-refractivity contribution in [3.8, 4) is 17.1 Å². The van der Waals surface area contributed by atoms with Gasteiger partial charge in [-0.3, -0.25) is 4.79 Å². The van der Waals surface area contributed by atoms with Crippen LogP contribution in [0.1, 0.15) is 21.5 Å². The van der Waals surface area contributed by atoms with Crippen LogP contribution in [-0.2, 0) is 0 Å². The lowest BCUT2D eigenvalue weighted by Gasteiger charge is -2.11. The lowest BCUT2D eigenvalue weighted by atomic mass is 10.1. The monoisotopic (exact) mass is 370 g/mol. The summed E-state index contributed by atoms with van der Waals surface area (Å²) in [5.41, 5.74) is 3.10. The van der Waals surface area contributed by atoms with Gasteiger partial charge in [0.1, 0.15) is 5.58 Å². The quantitative estimate of drug-likeness (QED) is 0.460. The zero-order chi connectivity index (χ0) is 19.7. The van der Waals surface area contributed by atoms with Gasteiger partial charge in [-0.05, 0) is 38.1 Å². The molecule has 0 fully saturated rings. The summed E-state index contributed by atoms with van der Waals surface area (Å²) in [5.74, 6) is -0.463. The van der Waals surface area contributed by atoms with E-state index in [1.165, 1.54) is 0 Å². The Kier molecular flexibility index (Phi) is 4.53. The van der Waals surface area contributed by atoms with Gasteiger partial charge >= 0.3 is 5.97 Å². The van der Waals surface area contributed by atoms with Gasteiger partial charge in [-0.1, -0.05) is 59.7 Å². The molecule has 4 aromatic rings. The number of rotatable bonds is 3. The molecule has 138 valence electrons. The van der Waals surface area contributed by atoms with Crippen molar-refractivity contribution in [1.82, 2.24) is 0 Å². The smallest absolute Gasteiger partial charge is 0.343 e. The largest absolute Gasteiger partial charge is 0.452 e. The molecule has 0 atom stereocenters. The molecule has 0 radical (unpaired) electrons. The van der Waals surface area contributed by atoms with Crippen LogP contribution in [-0.4, -0.2) is 5.97 Å². The third-order valence-corrected chi connectivity index (χ3v) is 4.52. The predicted molar refractivity (Wildman–Crippen MR) is 109 cm³/mol. The summed E-state index contributed by atoms with van der Waals surface area (Å²) in [6.07, 6.45) is 0. The first kappa shape index (κ1) is 17.7. The molecule has 4 heteroatoms. The maximum Gasteiger partial charge on any atom is 0.343 e. The van der Waals surface area contributed by atoms with Gasteiger partial charge in [-0.2, -0.15) is 0 Å². The molecular formula is C24H18O4. The number of esters is 1. The van der Waals surface area contributed by atoms with Crippen LogP contribution in [0.3, 0.4) is 0 Å². The molecule has 3 aromatic carbocycles. The van der Waals surface area contributed by atoms with E-state index in [4.69, 9.17) is 9.15 Å². The lowest BCUT2D eigenvalue weighted by Crippen LogP contribution is -2.16. The van der Waals surface area contributed by atoms with Crippen LogP contribution in [0.2, 0.25) is 0 Å². The molecule has 1 aromatic heterocycles. The van der Waals surface area contributed by atoms with Crippen LogP contribution in [0.4, 0.5) is 0 Å². The van der Waals surface area contributed by atoms with Gasteiger partial charge in [0.05, 0.1) is 10.9 Å². The number of carbonyl (C=O) groups is 1. The van der Waals surface area contributed by atoms with Crippen LogP contribution in [0.5, 0.6) is 5.75 Å². The molecular weight excluding hydrogens is 352 g/mol. The molecule has 0 aliphatic rings. The molecule has 0 unspecified atom stereocenters. The second-order valence-electron chi connectivity index (χ2n) is 6.71. The Morgan fingerprint density at radius 1 is 0.857 bits per heavy atom. The van der Waals surface area contributed by atoms with Crippen molar-refractivity contribution in [2.45, 2.75) is 13.8 Å². The summed E-state index contributed by atoms with van der Waals surface area (Å²) in [7, 11) is 0. The average Bonchev–Trinajstić information content (AvgIpc) is 2.71. The number of hydrogen-bond acceptors (Lipinski definition) is 4. The Balaban J connectivity index is 1.92. The zero-order valence-corrected chi connectivity index (χ0v) is 15.6. The minimum Gasteiger partial charge on any atom is -0.452 e. The first-order valence-electron chi connectivity index (χ1n) is 8.94. The third-order valence-electron chi connectivity index (χ3n) is 4.52. The van der Waals surface area contributed by atoms with Crippen LogP contribution >= 0.6 is 0 Å². The molecule has 28 heavy (non-hydrogen) atoms. The minimum absolute atomic E-state index is 0.101. The molecule has 0 bridgehead atoms. The fourth-order valence-corrected chi connectivity index (χ4v) is 3.01. The average molecular weight is 370 g/mol. The number of benzene rings is 3. The van der Waals surface area contributed by atoms with E-state index in [0.717, 1.165) is 11.1 Å². The van der Waals surface area contributed by atoms with E-state index in [1.54, 1.807) is 36.4 Å². The first-order chi connectivity index (χ1) is 13.5. The fraction of sp³-hybridized carbons (Fsp3) is 0.0833. The van der Waals surface area contributed by atoms with Crippen molar-refractivity contribution in [2.75, 3.05) is 0 Å². The maximum atomic E-state index is 13.2. The third kappa shape index (κ3) is 3.32. The molecule has 0 N–H and O–H groups in total. The molecule has 0 aliphatic heterocycles. The highest BCUT2D eigenvalue weighted by Crippen LogP contribution is 2.31. The molecule has 4 nitrogen and oxygen atoms in total. The summed E-state index contributed by atoms with van der Waals surface area (Å²) >= 11 is 0. The number of carbonyl (C=O) groups excluding carboxylic acids is 1. The van der Waals surface area contributed by atoms with E-state index in [0.29, 0.717) is 22.1 Å². The predicted octanol–water partition coefficient (Wildman–Crippen LogP) is 5.30. The van der Waals surface area contributed by atoms with Crippen molar-refractivity contribution in [3.63, 3.8) is 0 Å². The molecule has 0 aliphatic carbocycles. The highest BCUT2D eigenvalue weighted by molar-refractivity contribution is 5.93. The van der Waals surface area contributed by atoms with Crippen molar-refractivity contribution in [3.05, 3.63) is 99.7 Å². The van der Waals surface area contributed by atoms with Gasteiger partial charge in [0.25, 0.3) is 0 Å². The number of ether oxygens (including phenoxy) is 1. The van der Waals surface area contributed by atoms with Gasteiger partial charge in [0, 0.05) is 5.56 Å². The van der Waals surface area contributed by atoms with Gasteiger partial charge in [-0.25, -0.2) is 4.79 Å². The summed E-state index contributed by atoms with van der Waals surface area (Å²) in [5, 5.41) is 0.381. The standard InChI is InChI=1S/C24H18O4/c1-15-8-11-17(12-9-15)22-23(28-24(26)18-6-4-3-5-7-18)21(25)19-14-16(2)10-13-20(19)27-22/h3-14H,1-2H3. The minimum atomic E-state index is -0.603. The molecule has 4 rings (SSSR count). The first-order valence-corrected chi connectivity index (χ1v) is 8.94. The van der Waals surface area contributed by atoms with Crippen LogP contribution in [0, 0.1) is 13.8 Å². The van der Waals surface area contributed by atoms with E-state index in [9.17, 15) is 9.59 Å². The summed E-state index contributed by atoms with van der Waals surface area (Å²) in [6, 6.07) is 21.4. The van der Waals surface area contributed by atoms with Gasteiger partial charge in [0.2, 0.25) is 11.2 Å². The molecule has 0 saturated carbocycles. The normalized spacial score (nSPS) is 10.8. The SMILES string of the molecule is Cc1ccc(-c2oc3ccc(C)cc3c(=O)c2OC(=O)c2ccccc2)cc1. The molecule has 0 spiro atoms. The molecule has 0 saturated heterocycles. The maximum absolute atomic E-state index is 13.2. The highest BCUT2D eigenvalue weighted by Gasteiger charge is 2.21. The number of aryl methyl sites for hydroxylation is 2. The van der Waals surface area contributed by atoms with E-state index < -0.39 is 5.97 Å². The van der Waals surface area contributed by atoms with Crippen LogP contribution < -0.4 is 10.2 Å². The van der Waals surface area contributed by atoms with E-state index in [1.807, 2.05) is 50.2 Å². The number of hydrogen-bond donors (Lipinski definition) is 0. The highest BCUT2D eigenvalue weighted by atomic mass is 16.5. The Hall–Kier alpha value is -3.66. The summed E-state index contributed by atoms with van der Waals surface area (Å²) in [4.78, 5) is 25.8. The van der Waals surface area contributed by atoms with E-state index >= 15 is 0 Å². The Labute approximate surface area is 162 Å². The summed E-state index contributed by atoms with van der Waals surface area (Å²) in [6.45, 7) is 3.86. The topological polar surface area (TPSA) is 56.5 Å². The van der Waals surface area contributed by atoms with Crippen molar-refractivity contribution in [2.24, 2.45) is 0 Å². The van der Waals surface area contributed by atoms with Gasteiger partial charge < -0.3 is 9.15 Å². The Morgan fingerprint density at radius 2 is 1.54 bits per heavy atom. The van der Waals surface area contributed by atoms with Crippen LogP contribution in [0.25, 0.3) is 22.3 Å². The van der Waals surface area contributed by atoms with Crippen molar-refractivity contribution >= 4 is 16.9 Å². The molecule has 1 heterocycles. The lowest BCUT2D eigenvalue weighted by molar-refractivity contribution is 0.0731. The van der Waals surface area contributed by atoms with Gasteiger partial charge in [-0.15, -0.1) is 0 Å². The van der Waals surface area contributed by atoms with E-state index in [-0.39, 0.29) is 16.9 Å². The fourth-order valence-electron chi connectivity index (χ4n) is 3.01. The van der Waals surface area contributed by atoms with Crippen LogP contribution in [0.15, 0.2) is 82.0 Å². The van der Waals surface area contributed by atoms with E-state index in [2.05, 4.69) is 0 Å². The number of fused-ring (bicyclic) bond motifs is 1. The Bertz CT molecular complexity index is 1220. The molecule has 0 amide bonds. The Morgan fingerprint density at radius 3 is 2.25 bits per heavy atom. The van der Waals surface area contributed by atoms with Crippen molar-refractivity contribution < 1.29 is 13.9 Å².